The molecule has 0 bridgehead atoms. The van der Waals surface area contributed by atoms with Gasteiger partial charge in [0, 0.05) is 22.5 Å². The Bertz CT molecular complexity index is 1120. The van der Waals surface area contributed by atoms with Crippen molar-refractivity contribution in [2.24, 2.45) is 5.10 Å². The molecule has 0 aromatic heterocycles. The van der Waals surface area contributed by atoms with Gasteiger partial charge < -0.3 is 9.64 Å². The number of fused-ring (bicyclic) bond motifs is 1. The van der Waals surface area contributed by atoms with Crippen molar-refractivity contribution in [1.29, 1.82) is 0 Å². The first-order chi connectivity index (χ1) is 15.0. The highest BCUT2D eigenvalue weighted by atomic mass is 35.5. The minimum absolute atomic E-state index is 0.112. The molecule has 0 unspecified atom stereocenters. The van der Waals surface area contributed by atoms with Crippen LogP contribution < -0.4 is 14.6 Å². The number of nitrogens with zero attached hydrogens (tertiary/aromatic N) is 3. The maximum Gasteiger partial charge on any atom is 0.280 e. The van der Waals surface area contributed by atoms with E-state index >= 15 is 0 Å². The van der Waals surface area contributed by atoms with Crippen molar-refractivity contribution >= 4 is 46.4 Å². The summed E-state index contributed by atoms with van der Waals surface area (Å²) in [6.07, 6.45) is 2.85. The third-order valence-electron chi connectivity index (χ3n) is 5.34. The van der Waals surface area contributed by atoms with E-state index in [-0.39, 0.29) is 5.91 Å². The normalized spacial score (nSPS) is 18.5. The number of halogens is 1. The number of methoxy groups -OCH3 is 1. The molecule has 2 aromatic rings. The third-order valence-corrected chi connectivity index (χ3v) is 6.71. The fourth-order valence-corrected chi connectivity index (χ4v) is 5.07. The number of allylic oxidation sites excluding steroid dienone is 2. The maximum atomic E-state index is 13.3. The summed E-state index contributed by atoms with van der Waals surface area (Å²) in [4.78, 5) is 16.7. The van der Waals surface area contributed by atoms with E-state index < -0.39 is 0 Å². The Morgan fingerprint density at radius 1 is 1.19 bits per heavy atom. The second-order valence-electron chi connectivity index (χ2n) is 7.20. The molecule has 2 heterocycles. The molecule has 0 saturated heterocycles. The minimum atomic E-state index is -0.112. The van der Waals surface area contributed by atoms with E-state index in [0.717, 1.165) is 40.7 Å². The predicted molar refractivity (Wildman–Crippen MR) is 129 cm³/mol. The van der Waals surface area contributed by atoms with Gasteiger partial charge in [-0.25, -0.2) is 0 Å². The van der Waals surface area contributed by atoms with E-state index in [9.17, 15) is 4.79 Å². The van der Waals surface area contributed by atoms with Crippen LogP contribution in [-0.4, -0.2) is 25.3 Å². The molecule has 4 rings (SSSR count). The molecule has 0 saturated carbocycles. The van der Waals surface area contributed by atoms with Crippen LogP contribution in [0.15, 0.2) is 74.7 Å². The number of carbonyl (C=O) groups is 1. The number of hydrogen-bond acceptors (Lipinski definition) is 5. The molecule has 1 amide bonds. The van der Waals surface area contributed by atoms with E-state index in [1.165, 1.54) is 9.90 Å². The highest BCUT2D eigenvalue weighted by Gasteiger charge is 2.32. The summed E-state index contributed by atoms with van der Waals surface area (Å²) in [6.45, 7) is 6.90. The van der Waals surface area contributed by atoms with Crippen molar-refractivity contribution < 1.29 is 9.53 Å². The third kappa shape index (κ3) is 3.98. The molecule has 5 nitrogen and oxygen atoms in total. The fourth-order valence-electron chi connectivity index (χ4n) is 3.77. The molecule has 0 aliphatic carbocycles. The van der Waals surface area contributed by atoms with Gasteiger partial charge in [-0.05, 0) is 68.3 Å². The number of benzene rings is 2. The number of carbonyl (C=O) groups excluding carboxylic acids is 1. The second kappa shape index (κ2) is 8.81. The van der Waals surface area contributed by atoms with E-state index in [0.29, 0.717) is 16.3 Å². The molecule has 0 spiro atoms. The summed E-state index contributed by atoms with van der Waals surface area (Å²) in [5, 5.41) is 7.70. The van der Waals surface area contributed by atoms with Crippen molar-refractivity contribution in [2.45, 2.75) is 32.1 Å². The SMILES string of the molecule is CCC(/C=C1\Sc2ccc(OC)cc2N1CC)=C1\C(=O)N(c2ccc(Cl)cc2)N=C1C. The zero-order valence-corrected chi connectivity index (χ0v) is 19.5. The van der Waals surface area contributed by atoms with Gasteiger partial charge in [-0.15, -0.1) is 0 Å². The van der Waals surface area contributed by atoms with Crippen LogP contribution in [-0.2, 0) is 4.79 Å². The Labute approximate surface area is 192 Å². The first-order valence-electron chi connectivity index (χ1n) is 10.2. The standard InChI is InChI=1S/C24H24ClN3O2S/c1-5-16(13-22-27(6-2)20-14-19(30-4)11-12-21(20)31-22)23-15(3)26-28(24(23)29)18-9-7-17(25)8-10-18/h7-14H,5-6H2,1-4H3/b22-13-,23-16+. The topological polar surface area (TPSA) is 45.1 Å². The Balaban J connectivity index is 1.71. The highest BCUT2D eigenvalue weighted by molar-refractivity contribution is 8.03. The lowest BCUT2D eigenvalue weighted by Crippen LogP contribution is -2.22. The van der Waals surface area contributed by atoms with Crippen molar-refractivity contribution in [2.75, 3.05) is 23.6 Å². The summed E-state index contributed by atoms with van der Waals surface area (Å²) >= 11 is 7.70. The first-order valence-corrected chi connectivity index (χ1v) is 11.4. The largest absolute Gasteiger partial charge is 0.497 e. The number of anilines is 2. The minimum Gasteiger partial charge on any atom is -0.497 e. The van der Waals surface area contributed by atoms with Gasteiger partial charge in [0.15, 0.2) is 0 Å². The van der Waals surface area contributed by atoms with Crippen molar-refractivity contribution in [3.8, 4) is 5.75 Å². The van der Waals surface area contributed by atoms with Crippen LogP contribution in [0.4, 0.5) is 11.4 Å². The molecule has 2 aromatic carbocycles. The number of thioether (sulfide) groups is 1. The van der Waals surface area contributed by atoms with Crippen LogP contribution in [0.25, 0.3) is 0 Å². The Morgan fingerprint density at radius 3 is 2.58 bits per heavy atom. The predicted octanol–water partition coefficient (Wildman–Crippen LogP) is 6.25. The first kappa shape index (κ1) is 21.5. The van der Waals surface area contributed by atoms with Gasteiger partial charge in [-0.3, -0.25) is 4.79 Å². The zero-order valence-electron chi connectivity index (χ0n) is 18.0. The van der Waals surface area contributed by atoms with E-state index in [1.807, 2.05) is 13.0 Å². The van der Waals surface area contributed by atoms with Gasteiger partial charge in [0.2, 0.25) is 0 Å². The summed E-state index contributed by atoms with van der Waals surface area (Å²) < 4.78 is 5.40. The number of ether oxygens (including phenoxy) is 1. The van der Waals surface area contributed by atoms with Crippen molar-refractivity contribution in [1.82, 2.24) is 0 Å². The smallest absolute Gasteiger partial charge is 0.280 e. The van der Waals surface area contributed by atoms with Crippen LogP contribution in [0.2, 0.25) is 5.02 Å². The molecule has 0 fully saturated rings. The van der Waals surface area contributed by atoms with Gasteiger partial charge >= 0.3 is 0 Å². The van der Waals surface area contributed by atoms with E-state index in [1.54, 1.807) is 43.1 Å². The molecule has 7 heteroatoms. The van der Waals surface area contributed by atoms with Gasteiger partial charge in [-0.2, -0.15) is 10.1 Å². The molecule has 0 N–H and O–H groups in total. The maximum absolute atomic E-state index is 13.3. The quantitative estimate of drug-likeness (QED) is 0.502. The molecule has 0 atom stereocenters. The average molecular weight is 454 g/mol. The van der Waals surface area contributed by atoms with Crippen LogP contribution >= 0.6 is 23.4 Å². The Hall–Kier alpha value is -2.70. The van der Waals surface area contributed by atoms with E-state index in [4.69, 9.17) is 16.3 Å². The fraction of sp³-hybridized carbons (Fsp3) is 0.250. The van der Waals surface area contributed by atoms with Crippen molar-refractivity contribution in [3.05, 3.63) is 69.7 Å². The molecular formula is C24H24ClN3O2S. The van der Waals surface area contributed by atoms with Crippen LogP contribution in [0.1, 0.15) is 27.2 Å². The molecule has 2 aliphatic heterocycles. The van der Waals surface area contributed by atoms with Crippen molar-refractivity contribution in [3.63, 3.8) is 0 Å². The molecule has 31 heavy (non-hydrogen) atoms. The Morgan fingerprint density at radius 2 is 1.94 bits per heavy atom. The summed E-state index contributed by atoms with van der Waals surface area (Å²) in [7, 11) is 1.68. The summed E-state index contributed by atoms with van der Waals surface area (Å²) in [5.41, 5.74) is 4.19. The zero-order chi connectivity index (χ0) is 22.1. The highest BCUT2D eigenvalue weighted by Crippen LogP contribution is 2.47. The number of rotatable bonds is 5. The second-order valence-corrected chi connectivity index (χ2v) is 8.69. The van der Waals surface area contributed by atoms with Gasteiger partial charge in [0.1, 0.15) is 5.75 Å². The van der Waals surface area contributed by atoms with Gasteiger partial charge in [-0.1, -0.05) is 30.3 Å². The van der Waals surface area contributed by atoms with Gasteiger partial charge in [0.25, 0.3) is 5.91 Å². The Kier molecular flexibility index (Phi) is 6.12. The molecular weight excluding hydrogens is 430 g/mol. The van der Waals surface area contributed by atoms with Crippen LogP contribution in [0, 0.1) is 0 Å². The molecule has 160 valence electrons. The number of hydrogen-bond donors (Lipinski definition) is 0. The molecule has 2 aliphatic rings. The summed E-state index contributed by atoms with van der Waals surface area (Å²) in [5.74, 6) is 0.722. The summed E-state index contributed by atoms with van der Waals surface area (Å²) in [6, 6.07) is 13.2. The lowest BCUT2D eigenvalue weighted by molar-refractivity contribution is -0.114. The average Bonchev–Trinajstić information content (AvgIpc) is 3.27. The lowest BCUT2D eigenvalue weighted by Gasteiger charge is -2.19. The van der Waals surface area contributed by atoms with Crippen LogP contribution in [0.3, 0.4) is 0 Å². The van der Waals surface area contributed by atoms with Crippen LogP contribution in [0.5, 0.6) is 5.75 Å². The number of amides is 1. The lowest BCUT2D eigenvalue weighted by atomic mass is 10.0. The monoisotopic (exact) mass is 453 g/mol. The molecule has 0 radical (unpaired) electrons. The number of hydrazone groups is 1. The van der Waals surface area contributed by atoms with Gasteiger partial charge in [0.05, 0.1) is 34.8 Å². The van der Waals surface area contributed by atoms with E-state index in [2.05, 4.69) is 42.1 Å².